The minimum Gasteiger partial charge on any atom is -0.478 e. The van der Waals surface area contributed by atoms with Crippen LogP contribution < -0.4 is 0 Å². The Morgan fingerprint density at radius 1 is 1.47 bits per heavy atom. The molecule has 0 bridgehead atoms. The number of pyridine rings is 1. The third-order valence-corrected chi connectivity index (χ3v) is 2.92. The van der Waals surface area contributed by atoms with E-state index < -0.39 is 18.7 Å². The van der Waals surface area contributed by atoms with Crippen molar-refractivity contribution in [3.63, 3.8) is 0 Å². The van der Waals surface area contributed by atoms with Gasteiger partial charge in [0.15, 0.2) is 0 Å². The number of carboxylic acid groups (broad SMARTS) is 1. The molecular weight excluding hydrogens is 261 g/mol. The molecule has 104 valence electrons. The lowest BCUT2D eigenvalue weighted by Crippen LogP contribution is -2.36. The summed E-state index contributed by atoms with van der Waals surface area (Å²) >= 11 is 0. The van der Waals surface area contributed by atoms with Gasteiger partial charge in [0.25, 0.3) is 0 Å². The van der Waals surface area contributed by atoms with Crippen molar-refractivity contribution in [1.82, 2.24) is 9.88 Å². The second kappa shape index (κ2) is 5.16. The third kappa shape index (κ3) is 3.92. The first kappa shape index (κ1) is 13.8. The number of rotatable bonds is 5. The Balaban J connectivity index is 2.15. The third-order valence-electron chi connectivity index (χ3n) is 2.92. The van der Waals surface area contributed by atoms with E-state index in [9.17, 15) is 18.0 Å². The molecule has 0 saturated heterocycles. The van der Waals surface area contributed by atoms with Gasteiger partial charge in [-0.25, -0.2) is 4.79 Å². The first-order valence-corrected chi connectivity index (χ1v) is 5.85. The van der Waals surface area contributed by atoms with Crippen LogP contribution in [0.5, 0.6) is 0 Å². The van der Waals surface area contributed by atoms with Crippen molar-refractivity contribution in [3.8, 4) is 0 Å². The van der Waals surface area contributed by atoms with E-state index in [0.29, 0.717) is 12.8 Å². The van der Waals surface area contributed by atoms with E-state index in [2.05, 4.69) is 4.98 Å². The van der Waals surface area contributed by atoms with Crippen molar-refractivity contribution >= 4 is 5.97 Å². The molecule has 0 amide bonds. The molecule has 1 heterocycles. The molecule has 0 unspecified atom stereocenters. The SMILES string of the molecule is O=C(O)c1cccnc1CN(CC(F)(F)F)C1CC1. The van der Waals surface area contributed by atoms with E-state index in [0.717, 1.165) is 0 Å². The Bertz CT molecular complexity index is 472. The fourth-order valence-corrected chi connectivity index (χ4v) is 1.94. The zero-order chi connectivity index (χ0) is 14.0. The summed E-state index contributed by atoms with van der Waals surface area (Å²) in [6, 6.07) is 2.69. The normalized spacial score (nSPS) is 15.8. The molecule has 1 aromatic rings. The summed E-state index contributed by atoms with van der Waals surface area (Å²) in [6.07, 6.45) is -1.47. The Labute approximate surface area is 107 Å². The lowest BCUT2D eigenvalue weighted by Gasteiger charge is -2.23. The average molecular weight is 274 g/mol. The smallest absolute Gasteiger partial charge is 0.401 e. The molecule has 0 atom stereocenters. The second-order valence-corrected chi connectivity index (χ2v) is 4.55. The molecule has 0 aromatic carbocycles. The van der Waals surface area contributed by atoms with Crippen molar-refractivity contribution < 1.29 is 23.1 Å². The number of hydrogen-bond acceptors (Lipinski definition) is 3. The molecule has 1 aromatic heterocycles. The summed E-state index contributed by atoms with van der Waals surface area (Å²) in [6.45, 7) is -1.13. The Hall–Kier alpha value is -1.63. The van der Waals surface area contributed by atoms with Gasteiger partial charge in [-0.15, -0.1) is 0 Å². The number of halogens is 3. The molecule has 19 heavy (non-hydrogen) atoms. The summed E-state index contributed by atoms with van der Waals surface area (Å²) in [7, 11) is 0. The number of nitrogens with zero attached hydrogens (tertiary/aromatic N) is 2. The zero-order valence-corrected chi connectivity index (χ0v) is 10.0. The molecule has 1 fully saturated rings. The predicted molar refractivity (Wildman–Crippen MR) is 60.7 cm³/mol. The van der Waals surface area contributed by atoms with Crippen molar-refractivity contribution in [2.24, 2.45) is 0 Å². The van der Waals surface area contributed by atoms with Gasteiger partial charge >= 0.3 is 12.1 Å². The van der Waals surface area contributed by atoms with Crippen molar-refractivity contribution in [2.75, 3.05) is 6.54 Å². The Morgan fingerprint density at radius 3 is 2.68 bits per heavy atom. The van der Waals surface area contributed by atoms with Gasteiger partial charge in [-0.1, -0.05) is 0 Å². The topological polar surface area (TPSA) is 53.4 Å². The van der Waals surface area contributed by atoms with Gasteiger partial charge in [0.2, 0.25) is 0 Å². The van der Waals surface area contributed by atoms with Crippen molar-refractivity contribution in [2.45, 2.75) is 31.6 Å². The van der Waals surface area contributed by atoms with Gasteiger partial charge in [-0.2, -0.15) is 13.2 Å². The highest BCUT2D eigenvalue weighted by atomic mass is 19.4. The molecule has 2 rings (SSSR count). The van der Waals surface area contributed by atoms with Gasteiger partial charge in [0.1, 0.15) is 0 Å². The molecule has 0 spiro atoms. The van der Waals surface area contributed by atoms with Crippen LogP contribution >= 0.6 is 0 Å². The zero-order valence-electron chi connectivity index (χ0n) is 10.0. The fraction of sp³-hybridized carbons (Fsp3) is 0.500. The van der Waals surface area contributed by atoms with Crippen LogP contribution in [0.15, 0.2) is 18.3 Å². The van der Waals surface area contributed by atoms with Crippen LogP contribution in [0, 0.1) is 0 Å². The number of carbonyl (C=O) groups is 1. The van der Waals surface area contributed by atoms with E-state index in [1.807, 2.05) is 0 Å². The number of carboxylic acids is 1. The minimum absolute atomic E-state index is 0.0460. The van der Waals surface area contributed by atoms with Crippen LogP contribution in [0.4, 0.5) is 13.2 Å². The lowest BCUT2D eigenvalue weighted by atomic mass is 10.2. The summed E-state index contributed by atoms with van der Waals surface area (Å²) in [5.74, 6) is -1.18. The van der Waals surface area contributed by atoms with Crippen LogP contribution in [0.25, 0.3) is 0 Å². The summed E-state index contributed by atoms with van der Waals surface area (Å²) in [5.41, 5.74) is 0.126. The van der Waals surface area contributed by atoms with E-state index in [1.54, 1.807) is 0 Å². The van der Waals surface area contributed by atoms with Crippen LogP contribution in [0.3, 0.4) is 0 Å². The number of aromatic nitrogens is 1. The van der Waals surface area contributed by atoms with Gasteiger partial charge in [0.05, 0.1) is 17.8 Å². The first-order valence-electron chi connectivity index (χ1n) is 5.85. The maximum Gasteiger partial charge on any atom is 0.401 e. The highest BCUT2D eigenvalue weighted by molar-refractivity contribution is 5.88. The largest absolute Gasteiger partial charge is 0.478 e. The first-order chi connectivity index (χ1) is 8.87. The van der Waals surface area contributed by atoms with Crippen LogP contribution in [-0.2, 0) is 6.54 Å². The molecular formula is C12H13F3N2O2. The van der Waals surface area contributed by atoms with Crippen LogP contribution in [-0.4, -0.2) is 39.7 Å². The number of aromatic carboxylic acids is 1. The molecule has 0 radical (unpaired) electrons. The van der Waals surface area contributed by atoms with Crippen molar-refractivity contribution in [3.05, 3.63) is 29.6 Å². The molecule has 4 nitrogen and oxygen atoms in total. The van der Waals surface area contributed by atoms with E-state index in [1.165, 1.54) is 23.2 Å². The minimum atomic E-state index is -4.29. The molecule has 1 saturated carbocycles. The summed E-state index contributed by atoms with van der Waals surface area (Å²) < 4.78 is 37.4. The highest BCUT2D eigenvalue weighted by Gasteiger charge is 2.38. The maximum atomic E-state index is 12.5. The summed E-state index contributed by atoms with van der Waals surface area (Å²) in [5, 5.41) is 8.98. The van der Waals surface area contributed by atoms with E-state index in [4.69, 9.17) is 5.11 Å². The lowest BCUT2D eigenvalue weighted by molar-refractivity contribution is -0.148. The molecule has 1 N–H and O–H groups in total. The second-order valence-electron chi connectivity index (χ2n) is 4.55. The molecule has 1 aliphatic carbocycles. The molecule has 0 aliphatic heterocycles. The standard InChI is InChI=1S/C12H13F3N2O2/c13-12(14,15)7-17(8-3-4-8)6-10-9(11(18)19)2-1-5-16-10/h1-2,5,8H,3-4,6-7H2,(H,18,19). The van der Waals surface area contributed by atoms with Crippen LogP contribution in [0.2, 0.25) is 0 Å². The Kier molecular flexibility index (Phi) is 3.75. The highest BCUT2D eigenvalue weighted by Crippen LogP contribution is 2.31. The van der Waals surface area contributed by atoms with Gasteiger partial charge in [0, 0.05) is 18.8 Å². The average Bonchev–Trinajstić information content (AvgIpc) is 3.10. The molecule has 7 heteroatoms. The van der Waals surface area contributed by atoms with E-state index in [-0.39, 0.29) is 23.8 Å². The predicted octanol–water partition coefficient (Wildman–Crippen LogP) is 2.31. The summed E-state index contributed by atoms with van der Waals surface area (Å²) in [4.78, 5) is 16.1. The van der Waals surface area contributed by atoms with E-state index >= 15 is 0 Å². The van der Waals surface area contributed by atoms with Gasteiger partial charge < -0.3 is 5.11 Å². The quantitative estimate of drug-likeness (QED) is 0.895. The van der Waals surface area contributed by atoms with Crippen LogP contribution in [0.1, 0.15) is 28.9 Å². The van der Waals surface area contributed by atoms with Gasteiger partial charge in [-0.3, -0.25) is 9.88 Å². The molecule has 1 aliphatic rings. The van der Waals surface area contributed by atoms with Crippen molar-refractivity contribution in [1.29, 1.82) is 0 Å². The Morgan fingerprint density at radius 2 is 2.16 bits per heavy atom. The monoisotopic (exact) mass is 274 g/mol. The fourth-order valence-electron chi connectivity index (χ4n) is 1.94. The number of alkyl halides is 3. The number of hydrogen-bond donors (Lipinski definition) is 1. The van der Waals surface area contributed by atoms with Gasteiger partial charge in [-0.05, 0) is 25.0 Å². The maximum absolute atomic E-state index is 12.5.